The summed E-state index contributed by atoms with van der Waals surface area (Å²) >= 11 is 1.60. The summed E-state index contributed by atoms with van der Waals surface area (Å²) in [7, 11) is 0. The van der Waals surface area contributed by atoms with Gasteiger partial charge in [-0.3, -0.25) is 0 Å². The van der Waals surface area contributed by atoms with Gasteiger partial charge in [0.25, 0.3) is 0 Å². The van der Waals surface area contributed by atoms with Gasteiger partial charge in [-0.25, -0.2) is 4.68 Å². The molecule has 0 radical (unpaired) electrons. The molecule has 0 bridgehead atoms. The molecule has 0 aliphatic heterocycles. The highest BCUT2D eigenvalue weighted by molar-refractivity contribution is 7.98. The van der Waals surface area contributed by atoms with Gasteiger partial charge in [-0.15, -0.1) is 5.10 Å². The van der Waals surface area contributed by atoms with Crippen LogP contribution in [0.3, 0.4) is 0 Å². The minimum atomic E-state index is 0.0428. The van der Waals surface area contributed by atoms with Gasteiger partial charge >= 0.3 is 0 Å². The zero-order valence-corrected chi connectivity index (χ0v) is 12.2. The van der Waals surface area contributed by atoms with Crippen LogP contribution in [0.4, 0.5) is 0 Å². The van der Waals surface area contributed by atoms with E-state index >= 15 is 0 Å². The maximum atomic E-state index is 8.94. The molecule has 5 nitrogen and oxygen atoms in total. The fourth-order valence-corrected chi connectivity index (χ4v) is 3.21. The smallest absolute Gasteiger partial charge is 0.209 e. The summed E-state index contributed by atoms with van der Waals surface area (Å²) in [6, 6.07) is 4.39. The number of thioether (sulfide) groups is 1. The second-order valence-corrected chi connectivity index (χ2v) is 5.52. The standard InChI is InChI=1S/C13H18N4OS/c1-9-6-10(2)12(11(3)7-9)8-19-13-14-15-16-17(13)4-5-18/h6-7,18H,4-5,8H2,1-3H3. The van der Waals surface area contributed by atoms with Crippen molar-refractivity contribution in [1.29, 1.82) is 0 Å². The monoisotopic (exact) mass is 278 g/mol. The molecule has 0 atom stereocenters. The Morgan fingerprint density at radius 1 is 1.21 bits per heavy atom. The van der Waals surface area contributed by atoms with E-state index in [1.807, 2.05) is 0 Å². The molecule has 6 heteroatoms. The van der Waals surface area contributed by atoms with Gasteiger partial charge in [0.1, 0.15) is 0 Å². The number of aryl methyl sites for hydroxylation is 3. The average Bonchev–Trinajstić information content (AvgIpc) is 2.76. The lowest BCUT2D eigenvalue weighted by Gasteiger charge is -2.10. The Labute approximate surface area is 117 Å². The minimum absolute atomic E-state index is 0.0428. The van der Waals surface area contributed by atoms with Crippen molar-refractivity contribution in [2.24, 2.45) is 0 Å². The van der Waals surface area contributed by atoms with Gasteiger partial charge in [-0.1, -0.05) is 29.5 Å². The molecule has 102 valence electrons. The predicted molar refractivity (Wildman–Crippen MR) is 75.1 cm³/mol. The summed E-state index contributed by atoms with van der Waals surface area (Å²) in [6.07, 6.45) is 0. The summed E-state index contributed by atoms with van der Waals surface area (Å²) < 4.78 is 1.63. The fourth-order valence-electron chi connectivity index (χ4n) is 2.11. The summed E-state index contributed by atoms with van der Waals surface area (Å²) in [6.45, 7) is 6.85. The third kappa shape index (κ3) is 3.33. The van der Waals surface area contributed by atoms with E-state index in [1.165, 1.54) is 22.3 Å². The van der Waals surface area contributed by atoms with Crippen molar-refractivity contribution in [3.05, 3.63) is 34.4 Å². The number of tetrazole rings is 1. The lowest BCUT2D eigenvalue weighted by atomic mass is 10.0. The van der Waals surface area contributed by atoms with Gasteiger partial charge < -0.3 is 5.11 Å². The minimum Gasteiger partial charge on any atom is -0.394 e. The Balaban J connectivity index is 2.12. The Morgan fingerprint density at radius 3 is 2.53 bits per heavy atom. The predicted octanol–water partition coefficient (Wildman–Crippen LogP) is 1.88. The molecule has 0 fully saturated rings. The lowest BCUT2D eigenvalue weighted by molar-refractivity contribution is 0.262. The zero-order valence-electron chi connectivity index (χ0n) is 11.4. The van der Waals surface area contributed by atoms with Crippen molar-refractivity contribution in [1.82, 2.24) is 20.2 Å². The first-order valence-electron chi connectivity index (χ1n) is 6.18. The number of aromatic nitrogens is 4. The molecular weight excluding hydrogens is 260 g/mol. The van der Waals surface area contributed by atoms with E-state index in [-0.39, 0.29) is 6.61 Å². The van der Waals surface area contributed by atoms with Crippen molar-refractivity contribution < 1.29 is 5.11 Å². The maximum absolute atomic E-state index is 8.94. The van der Waals surface area contributed by atoms with Gasteiger partial charge in [0, 0.05) is 5.75 Å². The first-order chi connectivity index (χ1) is 9.11. The SMILES string of the molecule is Cc1cc(C)c(CSc2nnnn2CCO)c(C)c1. The highest BCUT2D eigenvalue weighted by atomic mass is 32.2. The number of benzene rings is 1. The van der Waals surface area contributed by atoms with Crippen LogP contribution in [0.25, 0.3) is 0 Å². The Morgan fingerprint density at radius 2 is 1.89 bits per heavy atom. The fraction of sp³-hybridized carbons (Fsp3) is 0.462. The Kier molecular flexibility index (Phi) is 4.55. The molecule has 1 N–H and O–H groups in total. The van der Waals surface area contributed by atoms with Crippen LogP contribution in [0.2, 0.25) is 0 Å². The lowest BCUT2D eigenvalue weighted by Crippen LogP contribution is -2.06. The number of hydrogen-bond acceptors (Lipinski definition) is 5. The van der Waals surface area contributed by atoms with Crippen LogP contribution in [0.5, 0.6) is 0 Å². The molecule has 0 saturated heterocycles. The molecule has 1 aromatic heterocycles. The number of hydrogen-bond donors (Lipinski definition) is 1. The number of nitrogens with zero attached hydrogens (tertiary/aromatic N) is 4. The number of aliphatic hydroxyl groups excluding tert-OH is 1. The normalized spacial score (nSPS) is 10.9. The van der Waals surface area contributed by atoms with Gasteiger partial charge in [0.2, 0.25) is 5.16 Å². The maximum Gasteiger partial charge on any atom is 0.209 e. The van der Waals surface area contributed by atoms with Gasteiger partial charge in [-0.05, 0) is 47.9 Å². The highest BCUT2D eigenvalue weighted by Gasteiger charge is 2.09. The summed E-state index contributed by atoms with van der Waals surface area (Å²) in [5.74, 6) is 0.837. The molecule has 0 unspecified atom stereocenters. The summed E-state index contributed by atoms with van der Waals surface area (Å²) in [5.41, 5.74) is 5.21. The molecule has 1 aromatic carbocycles. The van der Waals surface area contributed by atoms with Crippen molar-refractivity contribution in [2.45, 2.75) is 38.2 Å². The van der Waals surface area contributed by atoms with E-state index in [4.69, 9.17) is 5.11 Å². The van der Waals surface area contributed by atoms with Crippen molar-refractivity contribution in [3.63, 3.8) is 0 Å². The Bertz CT molecular complexity index is 545. The quantitative estimate of drug-likeness (QED) is 0.846. The highest BCUT2D eigenvalue weighted by Crippen LogP contribution is 2.25. The van der Waals surface area contributed by atoms with E-state index < -0.39 is 0 Å². The molecule has 0 aliphatic carbocycles. The molecule has 1 heterocycles. The van der Waals surface area contributed by atoms with E-state index in [1.54, 1.807) is 16.4 Å². The first-order valence-corrected chi connectivity index (χ1v) is 7.17. The average molecular weight is 278 g/mol. The van der Waals surface area contributed by atoms with Crippen LogP contribution in [-0.4, -0.2) is 31.9 Å². The summed E-state index contributed by atoms with van der Waals surface area (Å²) in [5, 5.41) is 21.2. The molecule has 0 amide bonds. The van der Waals surface area contributed by atoms with Crippen molar-refractivity contribution >= 4 is 11.8 Å². The van der Waals surface area contributed by atoms with Crippen LogP contribution in [0.15, 0.2) is 17.3 Å². The molecule has 2 aromatic rings. The van der Waals surface area contributed by atoms with Crippen molar-refractivity contribution in [2.75, 3.05) is 6.61 Å². The molecule has 19 heavy (non-hydrogen) atoms. The third-order valence-corrected chi connectivity index (χ3v) is 3.98. The molecule has 0 spiro atoms. The second-order valence-electron chi connectivity index (χ2n) is 4.57. The van der Waals surface area contributed by atoms with E-state index in [0.29, 0.717) is 6.54 Å². The Hall–Kier alpha value is -1.40. The van der Waals surface area contributed by atoms with E-state index in [2.05, 4.69) is 48.4 Å². The van der Waals surface area contributed by atoms with Gasteiger partial charge in [-0.2, -0.15) is 0 Å². The van der Waals surface area contributed by atoms with Crippen molar-refractivity contribution in [3.8, 4) is 0 Å². The molecule has 0 aliphatic rings. The zero-order chi connectivity index (χ0) is 13.8. The van der Waals surface area contributed by atoms with Crippen LogP contribution in [0, 0.1) is 20.8 Å². The number of rotatable bonds is 5. The third-order valence-electron chi connectivity index (χ3n) is 3.00. The largest absolute Gasteiger partial charge is 0.394 e. The van der Waals surface area contributed by atoms with Crippen LogP contribution < -0.4 is 0 Å². The van der Waals surface area contributed by atoms with Gasteiger partial charge in [0.05, 0.1) is 13.2 Å². The summed E-state index contributed by atoms with van der Waals surface area (Å²) in [4.78, 5) is 0. The topological polar surface area (TPSA) is 63.8 Å². The first kappa shape index (κ1) is 14.0. The van der Waals surface area contributed by atoms with Crippen LogP contribution in [0.1, 0.15) is 22.3 Å². The number of aliphatic hydroxyl groups is 1. The molecular formula is C13H18N4OS. The van der Waals surface area contributed by atoms with E-state index in [9.17, 15) is 0 Å². The van der Waals surface area contributed by atoms with Crippen LogP contribution >= 0.6 is 11.8 Å². The van der Waals surface area contributed by atoms with E-state index in [0.717, 1.165) is 10.9 Å². The van der Waals surface area contributed by atoms with Crippen LogP contribution in [-0.2, 0) is 12.3 Å². The molecule has 0 saturated carbocycles. The molecule has 2 rings (SSSR count). The second kappa shape index (κ2) is 6.16. The van der Waals surface area contributed by atoms with Gasteiger partial charge in [0.15, 0.2) is 0 Å².